The van der Waals surface area contributed by atoms with Crippen LogP contribution in [0.15, 0.2) is 16.9 Å². The number of benzene rings is 1. The number of carbonyl (C=O) groups excluding carboxylic acids is 1. The second-order valence-corrected chi connectivity index (χ2v) is 7.97. The molecule has 1 heterocycles. The van der Waals surface area contributed by atoms with Crippen molar-refractivity contribution >= 4 is 5.91 Å². The summed E-state index contributed by atoms with van der Waals surface area (Å²) in [5.41, 5.74) is -0.330. The molecule has 0 aliphatic heterocycles. The van der Waals surface area contributed by atoms with Crippen molar-refractivity contribution in [3.05, 3.63) is 39.8 Å². The van der Waals surface area contributed by atoms with Gasteiger partial charge in [-0.15, -0.1) is 5.10 Å². The van der Waals surface area contributed by atoms with Gasteiger partial charge in [0.25, 0.3) is 5.91 Å². The Morgan fingerprint density at radius 1 is 1.30 bits per heavy atom. The van der Waals surface area contributed by atoms with Crippen LogP contribution in [-0.2, 0) is 13.5 Å². The van der Waals surface area contributed by atoms with Gasteiger partial charge in [-0.05, 0) is 44.6 Å². The molecule has 0 bridgehead atoms. The molecule has 1 aliphatic rings. The summed E-state index contributed by atoms with van der Waals surface area (Å²) >= 11 is 0. The first kappa shape index (κ1) is 22.1. The SMILES string of the molecule is CCc1nn(-c2cc(OC(C)C3CC3)c(C(=O)NC(CC)CC)cc2F)c(=O)n1C. The number of aryl methyl sites for hydroxylation is 1. The van der Waals surface area contributed by atoms with Crippen molar-refractivity contribution in [3.63, 3.8) is 0 Å². The molecule has 2 aromatic rings. The molecule has 1 amide bonds. The molecule has 0 spiro atoms. The highest BCUT2D eigenvalue weighted by molar-refractivity contribution is 5.97. The molecule has 0 radical (unpaired) electrons. The van der Waals surface area contributed by atoms with E-state index >= 15 is 4.39 Å². The van der Waals surface area contributed by atoms with Crippen LogP contribution >= 0.6 is 0 Å². The molecule has 1 saturated carbocycles. The normalized spacial score (nSPS) is 14.8. The zero-order valence-corrected chi connectivity index (χ0v) is 18.4. The van der Waals surface area contributed by atoms with Gasteiger partial charge in [-0.3, -0.25) is 9.36 Å². The third-order valence-corrected chi connectivity index (χ3v) is 5.83. The molecule has 3 rings (SSSR count). The Balaban J connectivity index is 2.06. The second kappa shape index (κ2) is 9.02. The van der Waals surface area contributed by atoms with Crippen LogP contribution in [0.3, 0.4) is 0 Å². The van der Waals surface area contributed by atoms with E-state index in [-0.39, 0.29) is 35.1 Å². The highest BCUT2D eigenvalue weighted by atomic mass is 19.1. The lowest BCUT2D eigenvalue weighted by Gasteiger charge is -2.20. The maximum Gasteiger partial charge on any atom is 0.350 e. The van der Waals surface area contributed by atoms with Crippen molar-refractivity contribution < 1.29 is 13.9 Å². The van der Waals surface area contributed by atoms with Crippen LogP contribution in [0, 0.1) is 11.7 Å². The highest BCUT2D eigenvalue weighted by Gasteiger charge is 2.31. The van der Waals surface area contributed by atoms with Gasteiger partial charge in [-0.2, -0.15) is 4.68 Å². The van der Waals surface area contributed by atoms with Crippen molar-refractivity contribution in [1.82, 2.24) is 19.7 Å². The molecule has 1 aromatic carbocycles. The van der Waals surface area contributed by atoms with Crippen LogP contribution in [0.4, 0.5) is 4.39 Å². The Morgan fingerprint density at radius 2 is 1.97 bits per heavy atom. The van der Waals surface area contributed by atoms with E-state index in [2.05, 4.69) is 10.4 Å². The number of aromatic nitrogens is 3. The number of amides is 1. The van der Waals surface area contributed by atoms with Crippen LogP contribution in [0.25, 0.3) is 5.69 Å². The van der Waals surface area contributed by atoms with E-state index in [1.54, 1.807) is 7.05 Å². The first-order valence-corrected chi connectivity index (χ1v) is 10.8. The van der Waals surface area contributed by atoms with Gasteiger partial charge in [0, 0.05) is 25.6 Å². The van der Waals surface area contributed by atoms with Crippen LogP contribution in [0.1, 0.15) is 69.6 Å². The Kier molecular flexibility index (Phi) is 6.63. The number of halogens is 1. The summed E-state index contributed by atoms with van der Waals surface area (Å²) in [6, 6.07) is 2.57. The van der Waals surface area contributed by atoms with Crippen molar-refractivity contribution in [2.24, 2.45) is 13.0 Å². The Morgan fingerprint density at radius 3 is 2.50 bits per heavy atom. The molecule has 8 heteroatoms. The average molecular weight is 419 g/mol. The topological polar surface area (TPSA) is 78.2 Å². The minimum absolute atomic E-state index is 0.000495. The van der Waals surface area contributed by atoms with E-state index in [0.29, 0.717) is 18.2 Å². The molecule has 7 nitrogen and oxygen atoms in total. The first-order chi connectivity index (χ1) is 14.3. The number of ether oxygens (including phenoxy) is 1. The molecule has 0 saturated heterocycles. The standard InChI is InChI=1S/C22H31FN4O3/c1-6-15(7-2)24-21(28)16-11-17(23)18(12-19(16)30-13(4)14-9-10-14)27-22(29)26(5)20(8-3)25-27/h11-15H,6-10H2,1-5H3,(H,24,28). The zero-order chi connectivity index (χ0) is 22.0. The summed E-state index contributed by atoms with van der Waals surface area (Å²) in [6.07, 6.45) is 4.14. The number of hydrogen-bond acceptors (Lipinski definition) is 4. The van der Waals surface area contributed by atoms with E-state index in [9.17, 15) is 9.59 Å². The summed E-state index contributed by atoms with van der Waals surface area (Å²) in [7, 11) is 1.60. The predicted octanol–water partition coefficient (Wildman–Crippen LogP) is 3.37. The Hall–Kier alpha value is -2.64. The molecule has 30 heavy (non-hydrogen) atoms. The molecule has 1 aromatic heterocycles. The summed E-state index contributed by atoms with van der Waals surface area (Å²) in [5.74, 6) is 0.167. The summed E-state index contributed by atoms with van der Waals surface area (Å²) < 4.78 is 23.6. The first-order valence-electron chi connectivity index (χ1n) is 10.8. The van der Waals surface area contributed by atoms with Crippen LogP contribution in [0.2, 0.25) is 0 Å². The molecule has 164 valence electrons. The lowest BCUT2D eigenvalue weighted by atomic mass is 10.1. The van der Waals surface area contributed by atoms with E-state index in [4.69, 9.17) is 4.74 Å². The smallest absolute Gasteiger partial charge is 0.350 e. The van der Waals surface area contributed by atoms with Crippen molar-refractivity contribution in [2.45, 2.75) is 71.9 Å². The fourth-order valence-corrected chi connectivity index (χ4v) is 3.54. The van der Waals surface area contributed by atoms with Gasteiger partial charge in [-0.1, -0.05) is 20.8 Å². The van der Waals surface area contributed by atoms with E-state index < -0.39 is 11.5 Å². The fourth-order valence-electron chi connectivity index (χ4n) is 3.54. The quantitative estimate of drug-likeness (QED) is 0.677. The Labute approximate surface area is 176 Å². The Bertz CT molecular complexity index is 973. The largest absolute Gasteiger partial charge is 0.490 e. The lowest BCUT2D eigenvalue weighted by Crippen LogP contribution is -2.34. The van der Waals surface area contributed by atoms with Crippen molar-refractivity contribution in [2.75, 3.05) is 0 Å². The molecule has 1 atom stereocenters. The number of rotatable bonds is 9. The summed E-state index contributed by atoms with van der Waals surface area (Å²) in [6.45, 7) is 7.80. The number of hydrogen-bond donors (Lipinski definition) is 1. The molecule has 1 unspecified atom stereocenters. The monoisotopic (exact) mass is 418 g/mol. The van der Waals surface area contributed by atoms with Gasteiger partial charge in [0.05, 0.1) is 11.7 Å². The summed E-state index contributed by atoms with van der Waals surface area (Å²) in [5, 5.41) is 7.18. The third kappa shape index (κ3) is 4.42. The van der Waals surface area contributed by atoms with E-state index in [1.165, 1.54) is 10.6 Å². The van der Waals surface area contributed by atoms with Gasteiger partial charge in [0.15, 0.2) is 0 Å². The molecular weight excluding hydrogens is 387 g/mol. The summed E-state index contributed by atoms with van der Waals surface area (Å²) in [4.78, 5) is 25.5. The zero-order valence-electron chi connectivity index (χ0n) is 18.4. The number of carbonyl (C=O) groups is 1. The van der Waals surface area contributed by atoms with Crippen LogP contribution in [0.5, 0.6) is 5.75 Å². The number of nitrogens with zero attached hydrogens (tertiary/aromatic N) is 3. The maximum absolute atomic E-state index is 15.1. The van der Waals surface area contributed by atoms with E-state index in [1.807, 2.05) is 27.7 Å². The average Bonchev–Trinajstić information content (AvgIpc) is 3.54. The van der Waals surface area contributed by atoms with Crippen LogP contribution in [-0.4, -0.2) is 32.4 Å². The van der Waals surface area contributed by atoms with E-state index in [0.717, 1.165) is 36.4 Å². The number of nitrogens with one attached hydrogen (secondary N) is 1. The maximum atomic E-state index is 15.1. The van der Waals surface area contributed by atoms with Gasteiger partial charge >= 0.3 is 5.69 Å². The van der Waals surface area contributed by atoms with Crippen molar-refractivity contribution in [3.8, 4) is 11.4 Å². The molecule has 1 N–H and O–H groups in total. The minimum Gasteiger partial charge on any atom is -0.490 e. The lowest BCUT2D eigenvalue weighted by molar-refractivity contribution is 0.0926. The van der Waals surface area contributed by atoms with Crippen molar-refractivity contribution in [1.29, 1.82) is 0 Å². The van der Waals surface area contributed by atoms with Gasteiger partial charge in [0.2, 0.25) is 0 Å². The van der Waals surface area contributed by atoms with Gasteiger partial charge in [-0.25, -0.2) is 9.18 Å². The highest BCUT2D eigenvalue weighted by Crippen LogP contribution is 2.36. The van der Waals surface area contributed by atoms with Crippen LogP contribution < -0.4 is 15.7 Å². The minimum atomic E-state index is -0.695. The molecular formula is C22H31FN4O3. The fraction of sp³-hybridized carbons (Fsp3) is 0.591. The molecule has 1 aliphatic carbocycles. The van der Waals surface area contributed by atoms with Gasteiger partial charge in [0.1, 0.15) is 23.1 Å². The third-order valence-electron chi connectivity index (χ3n) is 5.83. The predicted molar refractivity (Wildman–Crippen MR) is 113 cm³/mol. The van der Waals surface area contributed by atoms with Gasteiger partial charge < -0.3 is 10.1 Å². The molecule has 1 fully saturated rings. The second-order valence-electron chi connectivity index (χ2n) is 7.97.